The van der Waals surface area contributed by atoms with Gasteiger partial charge >= 0.3 is 5.97 Å². The maximum absolute atomic E-state index is 13.4. The first-order valence-electron chi connectivity index (χ1n) is 4.99. The van der Waals surface area contributed by atoms with Crippen molar-refractivity contribution in [1.29, 1.82) is 0 Å². The van der Waals surface area contributed by atoms with E-state index in [4.69, 9.17) is 16.3 Å². The third-order valence-corrected chi connectivity index (χ3v) is 3.05. The smallest absolute Gasteiger partial charge is 0.346 e. The minimum absolute atomic E-state index is 0.112. The molecule has 0 aliphatic heterocycles. The van der Waals surface area contributed by atoms with Gasteiger partial charge in [0.1, 0.15) is 11.6 Å². The van der Waals surface area contributed by atoms with Crippen LogP contribution < -0.4 is 4.74 Å². The average Bonchev–Trinajstić information content (AvgIpc) is 2.33. The molecular weight excluding hydrogens is 322 g/mol. The van der Waals surface area contributed by atoms with E-state index in [1.807, 2.05) is 0 Å². The van der Waals surface area contributed by atoms with E-state index in [9.17, 15) is 9.18 Å². The van der Waals surface area contributed by atoms with Gasteiger partial charge < -0.3 is 4.74 Å². The molecule has 0 heterocycles. The second kappa shape index (κ2) is 5.50. The molecule has 0 saturated carbocycles. The van der Waals surface area contributed by atoms with Crippen molar-refractivity contribution in [2.24, 2.45) is 0 Å². The summed E-state index contributed by atoms with van der Waals surface area (Å²) in [4.78, 5) is 11.8. The fourth-order valence-electron chi connectivity index (χ4n) is 1.34. The Morgan fingerprint density at radius 3 is 2.61 bits per heavy atom. The van der Waals surface area contributed by atoms with Crippen molar-refractivity contribution in [3.63, 3.8) is 0 Å². The second-order valence-corrected chi connectivity index (χ2v) is 4.73. The minimum Gasteiger partial charge on any atom is -0.422 e. The number of hydrogen-bond acceptors (Lipinski definition) is 2. The highest BCUT2D eigenvalue weighted by Crippen LogP contribution is 2.28. The van der Waals surface area contributed by atoms with E-state index < -0.39 is 11.8 Å². The van der Waals surface area contributed by atoms with E-state index in [-0.39, 0.29) is 11.3 Å². The van der Waals surface area contributed by atoms with Gasteiger partial charge in [0.15, 0.2) is 0 Å². The third-order valence-electron chi connectivity index (χ3n) is 2.19. The molecule has 18 heavy (non-hydrogen) atoms. The van der Waals surface area contributed by atoms with E-state index in [2.05, 4.69) is 15.9 Å². The first-order chi connectivity index (χ1) is 8.58. The number of ether oxygens (including phenoxy) is 1. The quantitative estimate of drug-likeness (QED) is 0.600. The molecule has 0 spiro atoms. The van der Waals surface area contributed by atoms with Gasteiger partial charge in [0, 0.05) is 5.02 Å². The first kappa shape index (κ1) is 13.1. The van der Waals surface area contributed by atoms with E-state index >= 15 is 0 Å². The summed E-state index contributed by atoms with van der Waals surface area (Å²) < 4.78 is 19.0. The van der Waals surface area contributed by atoms with Crippen molar-refractivity contribution >= 4 is 33.5 Å². The van der Waals surface area contributed by atoms with Crippen LogP contribution in [0, 0.1) is 5.82 Å². The van der Waals surface area contributed by atoms with Crippen LogP contribution in [0.5, 0.6) is 5.75 Å². The van der Waals surface area contributed by atoms with Gasteiger partial charge in [-0.1, -0.05) is 23.7 Å². The Kier molecular flexibility index (Phi) is 3.99. The number of hydrogen-bond donors (Lipinski definition) is 0. The molecule has 0 fully saturated rings. The van der Waals surface area contributed by atoms with E-state index in [1.165, 1.54) is 24.3 Å². The summed E-state index contributed by atoms with van der Waals surface area (Å²) in [5.74, 6) is -1.09. The van der Waals surface area contributed by atoms with Crippen molar-refractivity contribution < 1.29 is 13.9 Å². The Morgan fingerprint density at radius 1 is 1.22 bits per heavy atom. The average molecular weight is 330 g/mol. The van der Waals surface area contributed by atoms with Gasteiger partial charge in [-0.05, 0) is 46.3 Å². The van der Waals surface area contributed by atoms with E-state index in [1.54, 1.807) is 18.2 Å². The Hall–Kier alpha value is -1.39. The van der Waals surface area contributed by atoms with Gasteiger partial charge in [-0.25, -0.2) is 9.18 Å². The Labute approximate surface area is 116 Å². The Bertz CT molecular complexity index is 601. The number of esters is 1. The molecule has 0 aliphatic carbocycles. The highest BCUT2D eigenvalue weighted by molar-refractivity contribution is 9.10. The number of benzene rings is 2. The van der Waals surface area contributed by atoms with Gasteiger partial charge in [0.2, 0.25) is 0 Å². The zero-order valence-electron chi connectivity index (χ0n) is 8.99. The van der Waals surface area contributed by atoms with Crippen LogP contribution in [0.3, 0.4) is 0 Å². The molecule has 92 valence electrons. The molecule has 0 aromatic heterocycles. The summed E-state index contributed by atoms with van der Waals surface area (Å²) >= 11 is 8.98. The van der Waals surface area contributed by atoms with Crippen LogP contribution in [0.25, 0.3) is 0 Å². The summed E-state index contributed by atoms with van der Waals surface area (Å²) in [6.07, 6.45) is 0. The van der Waals surface area contributed by atoms with Crippen molar-refractivity contribution in [1.82, 2.24) is 0 Å². The molecule has 2 aromatic rings. The molecule has 5 heteroatoms. The standard InChI is InChI=1S/C13H7BrClFO2/c14-10-7-8(15)5-6-12(10)18-13(17)9-3-1-2-4-11(9)16/h1-7H. The fraction of sp³-hybridized carbons (Fsp3) is 0. The molecule has 2 aromatic carbocycles. The predicted octanol–water partition coefficient (Wildman–Crippen LogP) is 4.46. The molecule has 2 rings (SSSR count). The van der Waals surface area contributed by atoms with Crippen LogP contribution in [0.1, 0.15) is 10.4 Å². The predicted molar refractivity (Wildman–Crippen MR) is 70.5 cm³/mol. The van der Waals surface area contributed by atoms with Gasteiger partial charge in [-0.3, -0.25) is 0 Å². The van der Waals surface area contributed by atoms with Gasteiger partial charge in [-0.2, -0.15) is 0 Å². The van der Waals surface area contributed by atoms with Gasteiger partial charge in [0.25, 0.3) is 0 Å². The molecule has 2 nitrogen and oxygen atoms in total. The normalized spacial score (nSPS) is 10.2. The molecular formula is C13H7BrClFO2. The van der Waals surface area contributed by atoms with Crippen LogP contribution >= 0.6 is 27.5 Å². The monoisotopic (exact) mass is 328 g/mol. The Balaban J connectivity index is 2.24. The van der Waals surface area contributed by atoms with Gasteiger partial charge in [0.05, 0.1) is 10.0 Å². The summed E-state index contributed by atoms with van der Waals surface area (Å²) in [6.45, 7) is 0. The number of carbonyl (C=O) groups is 1. The Morgan fingerprint density at radius 2 is 1.94 bits per heavy atom. The van der Waals surface area contributed by atoms with E-state index in [0.29, 0.717) is 9.50 Å². The zero-order chi connectivity index (χ0) is 13.1. The van der Waals surface area contributed by atoms with Gasteiger partial charge in [-0.15, -0.1) is 0 Å². The SMILES string of the molecule is O=C(Oc1ccc(Cl)cc1Br)c1ccccc1F. The molecule has 0 bridgehead atoms. The lowest BCUT2D eigenvalue weighted by atomic mass is 10.2. The number of rotatable bonds is 2. The minimum atomic E-state index is -0.754. The molecule has 0 radical (unpaired) electrons. The third kappa shape index (κ3) is 2.89. The van der Waals surface area contributed by atoms with Crippen molar-refractivity contribution in [3.05, 3.63) is 63.3 Å². The zero-order valence-corrected chi connectivity index (χ0v) is 11.3. The lowest BCUT2D eigenvalue weighted by Gasteiger charge is -2.07. The van der Waals surface area contributed by atoms with Crippen LogP contribution in [-0.2, 0) is 0 Å². The summed E-state index contributed by atoms with van der Waals surface area (Å²) in [6, 6.07) is 10.3. The maximum Gasteiger partial charge on any atom is 0.346 e. The highest BCUT2D eigenvalue weighted by Gasteiger charge is 2.14. The van der Waals surface area contributed by atoms with Crippen LogP contribution in [0.2, 0.25) is 5.02 Å². The van der Waals surface area contributed by atoms with Crippen LogP contribution in [0.15, 0.2) is 46.9 Å². The summed E-state index contributed by atoms with van der Waals surface area (Å²) in [7, 11) is 0. The maximum atomic E-state index is 13.4. The summed E-state index contributed by atoms with van der Waals surface area (Å²) in [5.41, 5.74) is -0.112. The molecule has 0 saturated heterocycles. The molecule has 0 amide bonds. The van der Waals surface area contributed by atoms with Crippen LogP contribution in [0.4, 0.5) is 4.39 Å². The lowest BCUT2D eigenvalue weighted by Crippen LogP contribution is -2.10. The summed E-state index contributed by atoms with van der Waals surface area (Å²) in [5, 5.41) is 0.507. The lowest BCUT2D eigenvalue weighted by molar-refractivity contribution is 0.0728. The number of carbonyl (C=O) groups excluding carboxylic acids is 1. The highest BCUT2D eigenvalue weighted by atomic mass is 79.9. The van der Waals surface area contributed by atoms with Crippen molar-refractivity contribution in [2.75, 3.05) is 0 Å². The first-order valence-corrected chi connectivity index (χ1v) is 6.17. The molecule has 0 atom stereocenters. The topological polar surface area (TPSA) is 26.3 Å². The number of halogens is 3. The van der Waals surface area contributed by atoms with Crippen molar-refractivity contribution in [2.45, 2.75) is 0 Å². The van der Waals surface area contributed by atoms with E-state index in [0.717, 1.165) is 0 Å². The molecule has 0 N–H and O–H groups in total. The molecule has 0 aliphatic rings. The van der Waals surface area contributed by atoms with Crippen molar-refractivity contribution in [3.8, 4) is 5.75 Å². The van der Waals surface area contributed by atoms with Crippen LogP contribution in [-0.4, -0.2) is 5.97 Å². The second-order valence-electron chi connectivity index (χ2n) is 3.44. The molecule has 0 unspecified atom stereocenters. The fourth-order valence-corrected chi connectivity index (χ4v) is 2.10. The largest absolute Gasteiger partial charge is 0.422 e.